The number of hydrogen-bond donors (Lipinski definition) is 2. The monoisotopic (exact) mass is 327 g/mol. The van der Waals surface area contributed by atoms with E-state index >= 15 is 0 Å². The van der Waals surface area contributed by atoms with Crippen LogP contribution >= 0.6 is 23.4 Å². The molecule has 0 aromatic heterocycles. The van der Waals surface area contributed by atoms with Gasteiger partial charge in [-0.15, -0.1) is 11.8 Å². The van der Waals surface area contributed by atoms with Gasteiger partial charge in [-0.2, -0.15) is 0 Å². The molecule has 0 saturated heterocycles. The van der Waals surface area contributed by atoms with Crippen LogP contribution in [-0.2, 0) is 10.5 Å². The second kappa shape index (κ2) is 8.66. The molecular weight excluding hydrogens is 306 g/mol. The number of benzene rings is 1. The van der Waals surface area contributed by atoms with Crippen LogP contribution in [0.4, 0.5) is 0 Å². The van der Waals surface area contributed by atoms with Gasteiger partial charge in [0.25, 0.3) is 0 Å². The van der Waals surface area contributed by atoms with E-state index in [4.69, 9.17) is 11.6 Å². The van der Waals surface area contributed by atoms with Crippen LogP contribution in [0, 0.1) is 5.92 Å². The molecule has 1 saturated carbocycles. The zero-order valence-corrected chi connectivity index (χ0v) is 13.6. The molecule has 1 aromatic rings. The molecule has 1 fully saturated rings. The Morgan fingerprint density at radius 3 is 2.81 bits per heavy atom. The van der Waals surface area contributed by atoms with E-state index in [9.17, 15) is 9.90 Å². The van der Waals surface area contributed by atoms with Gasteiger partial charge < -0.3 is 10.4 Å². The van der Waals surface area contributed by atoms with E-state index < -0.39 is 0 Å². The lowest BCUT2D eigenvalue weighted by atomic mass is 9.87. The van der Waals surface area contributed by atoms with Gasteiger partial charge in [0.1, 0.15) is 0 Å². The third-order valence-corrected chi connectivity index (χ3v) is 5.01. The second-order valence-electron chi connectivity index (χ2n) is 5.61. The van der Waals surface area contributed by atoms with Crippen LogP contribution in [0.15, 0.2) is 24.3 Å². The molecule has 0 heterocycles. The molecule has 0 radical (unpaired) electrons. The molecule has 1 aliphatic carbocycles. The standard InChI is InChI=1S/C16H22ClNO2S/c17-14-6-4-12(5-7-14)10-21-11-16(20)18-9-13-2-1-3-15(19)8-13/h4-7,13,15,19H,1-3,8-11H2,(H,18,20). The number of rotatable bonds is 6. The van der Waals surface area contributed by atoms with E-state index in [1.165, 1.54) is 5.56 Å². The lowest BCUT2D eigenvalue weighted by Crippen LogP contribution is -2.33. The van der Waals surface area contributed by atoms with Crippen molar-refractivity contribution in [2.75, 3.05) is 12.3 Å². The average Bonchev–Trinajstić information content (AvgIpc) is 2.47. The minimum atomic E-state index is -0.181. The van der Waals surface area contributed by atoms with Gasteiger partial charge in [-0.3, -0.25) is 4.79 Å². The Morgan fingerprint density at radius 1 is 1.33 bits per heavy atom. The first-order chi connectivity index (χ1) is 10.1. The molecule has 2 unspecified atom stereocenters. The van der Waals surface area contributed by atoms with E-state index in [1.54, 1.807) is 11.8 Å². The largest absolute Gasteiger partial charge is 0.393 e. The fourth-order valence-electron chi connectivity index (χ4n) is 2.60. The number of carbonyl (C=O) groups is 1. The first-order valence-electron chi connectivity index (χ1n) is 7.40. The number of thioether (sulfide) groups is 1. The van der Waals surface area contributed by atoms with Gasteiger partial charge in [0.2, 0.25) is 5.91 Å². The molecule has 5 heteroatoms. The number of amides is 1. The maximum Gasteiger partial charge on any atom is 0.230 e. The van der Waals surface area contributed by atoms with E-state index in [1.807, 2.05) is 24.3 Å². The number of halogens is 1. The highest BCUT2D eigenvalue weighted by molar-refractivity contribution is 7.99. The average molecular weight is 328 g/mol. The van der Waals surface area contributed by atoms with Crippen molar-refractivity contribution in [2.45, 2.75) is 37.5 Å². The molecule has 2 N–H and O–H groups in total. The highest BCUT2D eigenvalue weighted by atomic mass is 35.5. The van der Waals surface area contributed by atoms with Crippen LogP contribution in [0.3, 0.4) is 0 Å². The summed E-state index contributed by atoms with van der Waals surface area (Å²) in [7, 11) is 0. The minimum absolute atomic E-state index is 0.0778. The van der Waals surface area contributed by atoms with Gasteiger partial charge in [-0.25, -0.2) is 0 Å². The molecule has 21 heavy (non-hydrogen) atoms. The van der Waals surface area contributed by atoms with Crippen LogP contribution in [0.25, 0.3) is 0 Å². The molecular formula is C16H22ClNO2S. The van der Waals surface area contributed by atoms with Crippen molar-refractivity contribution < 1.29 is 9.90 Å². The number of carbonyl (C=O) groups excluding carboxylic acids is 1. The Labute approximate surface area is 135 Å². The van der Waals surface area contributed by atoms with Crippen LogP contribution < -0.4 is 5.32 Å². The van der Waals surface area contributed by atoms with Crippen molar-refractivity contribution in [2.24, 2.45) is 5.92 Å². The van der Waals surface area contributed by atoms with Crippen LogP contribution in [-0.4, -0.2) is 29.4 Å². The smallest absolute Gasteiger partial charge is 0.230 e. The summed E-state index contributed by atoms with van der Waals surface area (Å²) in [5.41, 5.74) is 1.17. The van der Waals surface area contributed by atoms with Gasteiger partial charge in [0, 0.05) is 17.3 Å². The summed E-state index contributed by atoms with van der Waals surface area (Å²) in [5.74, 6) is 1.79. The molecule has 2 atom stereocenters. The molecule has 0 aliphatic heterocycles. The first kappa shape index (κ1) is 16.7. The zero-order valence-electron chi connectivity index (χ0n) is 12.1. The molecule has 0 bridgehead atoms. The van der Waals surface area contributed by atoms with Crippen molar-refractivity contribution in [1.82, 2.24) is 5.32 Å². The SMILES string of the molecule is O=C(CSCc1ccc(Cl)cc1)NCC1CCCC(O)C1. The summed E-state index contributed by atoms with van der Waals surface area (Å²) in [6.45, 7) is 0.692. The maximum atomic E-state index is 11.8. The van der Waals surface area contributed by atoms with Gasteiger partial charge in [0.15, 0.2) is 0 Å². The minimum Gasteiger partial charge on any atom is -0.393 e. The van der Waals surface area contributed by atoms with Crippen molar-refractivity contribution in [1.29, 1.82) is 0 Å². The third-order valence-electron chi connectivity index (χ3n) is 3.76. The number of aliphatic hydroxyl groups excluding tert-OH is 1. The topological polar surface area (TPSA) is 49.3 Å². The van der Waals surface area contributed by atoms with Gasteiger partial charge in [-0.1, -0.05) is 30.2 Å². The van der Waals surface area contributed by atoms with E-state index in [0.29, 0.717) is 18.2 Å². The lowest BCUT2D eigenvalue weighted by Gasteiger charge is -2.25. The number of hydrogen-bond acceptors (Lipinski definition) is 3. The van der Waals surface area contributed by atoms with Crippen molar-refractivity contribution >= 4 is 29.3 Å². The van der Waals surface area contributed by atoms with Gasteiger partial charge >= 0.3 is 0 Å². The normalized spacial score (nSPS) is 22.0. The summed E-state index contributed by atoms with van der Waals surface area (Å²) in [6, 6.07) is 7.70. The van der Waals surface area contributed by atoms with E-state index in [-0.39, 0.29) is 12.0 Å². The molecule has 3 nitrogen and oxygen atoms in total. The molecule has 1 amide bonds. The first-order valence-corrected chi connectivity index (χ1v) is 8.93. The summed E-state index contributed by atoms with van der Waals surface area (Å²) in [5, 5.41) is 13.3. The molecule has 2 rings (SSSR count). The predicted octanol–water partition coefficient (Wildman–Crippen LogP) is 3.24. The van der Waals surface area contributed by atoms with Crippen molar-refractivity contribution in [3.8, 4) is 0 Å². The van der Waals surface area contributed by atoms with E-state index in [2.05, 4.69) is 5.32 Å². The predicted molar refractivity (Wildman–Crippen MR) is 88.6 cm³/mol. The summed E-state index contributed by atoms with van der Waals surface area (Å²) < 4.78 is 0. The third kappa shape index (κ3) is 6.29. The summed E-state index contributed by atoms with van der Waals surface area (Å²) >= 11 is 7.44. The summed E-state index contributed by atoms with van der Waals surface area (Å²) in [4.78, 5) is 11.8. The van der Waals surface area contributed by atoms with Crippen LogP contribution in [0.1, 0.15) is 31.2 Å². The Bertz CT molecular complexity index is 452. The van der Waals surface area contributed by atoms with Crippen LogP contribution in [0.2, 0.25) is 5.02 Å². The Hall–Kier alpha value is -0.710. The summed E-state index contributed by atoms with van der Waals surface area (Å²) in [6.07, 6.45) is 3.71. The highest BCUT2D eigenvalue weighted by Gasteiger charge is 2.20. The van der Waals surface area contributed by atoms with Crippen molar-refractivity contribution in [3.05, 3.63) is 34.9 Å². The molecule has 0 spiro atoms. The van der Waals surface area contributed by atoms with Crippen molar-refractivity contribution in [3.63, 3.8) is 0 Å². The zero-order chi connectivity index (χ0) is 15.1. The second-order valence-corrected chi connectivity index (χ2v) is 7.03. The number of aliphatic hydroxyl groups is 1. The lowest BCUT2D eigenvalue weighted by molar-refractivity contribution is -0.118. The Morgan fingerprint density at radius 2 is 2.10 bits per heavy atom. The fraction of sp³-hybridized carbons (Fsp3) is 0.562. The van der Waals surface area contributed by atoms with Gasteiger partial charge in [-0.05, 0) is 42.9 Å². The fourth-order valence-corrected chi connectivity index (χ4v) is 3.54. The Balaban J connectivity index is 1.60. The highest BCUT2D eigenvalue weighted by Crippen LogP contribution is 2.23. The maximum absolute atomic E-state index is 11.8. The number of nitrogens with one attached hydrogen (secondary N) is 1. The quantitative estimate of drug-likeness (QED) is 0.843. The van der Waals surface area contributed by atoms with Crippen LogP contribution in [0.5, 0.6) is 0 Å². The van der Waals surface area contributed by atoms with E-state index in [0.717, 1.165) is 36.5 Å². The molecule has 1 aliphatic rings. The molecule has 116 valence electrons. The molecule has 1 aromatic carbocycles. The van der Waals surface area contributed by atoms with Gasteiger partial charge in [0.05, 0.1) is 11.9 Å². The Kier molecular flexibility index (Phi) is 6.87.